The summed E-state index contributed by atoms with van der Waals surface area (Å²) >= 11 is 0. The second-order valence-electron chi connectivity index (χ2n) is 8.12. The Morgan fingerprint density at radius 2 is 1.90 bits per heavy atom. The Morgan fingerprint density at radius 1 is 1.23 bits per heavy atom. The molecule has 2 aromatic heterocycles. The fraction of sp³-hybridized carbons (Fsp3) is 0.600. The van der Waals surface area contributed by atoms with Crippen molar-refractivity contribution in [2.75, 3.05) is 20.3 Å². The number of amides is 1. The zero-order valence-electron chi connectivity index (χ0n) is 17.7. The standard InChI is InChI=1S/C20H27N5O6/c1-24-14(4-6-21-24)18(26)23-17-16(31-19(27)15-5-7-22-25(15)2)9-12-8-13(10-29-3)30-11-20(12,17)28/h4-7,12-13,16-17,28H,8-11H2,1-3H3,(H,23,26)/t12-,13+,16-,17+,20+/m0/s1. The summed E-state index contributed by atoms with van der Waals surface area (Å²) in [6.45, 7) is 0.403. The summed E-state index contributed by atoms with van der Waals surface area (Å²) in [6.07, 6.45) is 3.03. The van der Waals surface area contributed by atoms with Crippen LogP contribution in [0.4, 0.5) is 0 Å². The number of ether oxygens (including phenoxy) is 3. The molecular formula is C20H27N5O6. The minimum Gasteiger partial charge on any atom is -0.455 e. The monoisotopic (exact) mass is 433 g/mol. The molecule has 2 N–H and O–H groups in total. The first-order chi connectivity index (χ1) is 14.8. The van der Waals surface area contributed by atoms with Gasteiger partial charge in [0.2, 0.25) is 0 Å². The van der Waals surface area contributed by atoms with Gasteiger partial charge in [0.05, 0.1) is 25.4 Å². The number of aliphatic hydroxyl groups is 1. The van der Waals surface area contributed by atoms with Crippen molar-refractivity contribution in [1.82, 2.24) is 24.9 Å². The van der Waals surface area contributed by atoms with Gasteiger partial charge >= 0.3 is 5.97 Å². The van der Waals surface area contributed by atoms with Gasteiger partial charge in [0.15, 0.2) is 0 Å². The van der Waals surface area contributed by atoms with Crippen molar-refractivity contribution >= 4 is 11.9 Å². The molecule has 2 aliphatic rings. The molecule has 1 amide bonds. The highest BCUT2D eigenvalue weighted by atomic mass is 16.6. The predicted octanol–water partition coefficient (Wildman–Crippen LogP) is -0.336. The number of carbonyl (C=O) groups excluding carboxylic acids is 2. The number of aryl methyl sites for hydroxylation is 2. The van der Waals surface area contributed by atoms with Crippen molar-refractivity contribution < 1.29 is 28.9 Å². The van der Waals surface area contributed by atoms with Crippen LogP contribution < -0.4 is 5.32 Å². The number of nitrogens with zero attached hydrogens (tertiary/aromatic N) is 4. The van der Waals surface area contributed by atoms with Crippen LogP contribution in [0.3, 0.4) is 0 Å². The van der Waals surface area contributed by atoms with E-state index in [1.165, 1.54) is 21.8 Å². The molecule has 2 aromatic rings. The molecule has 0 unspecified atom stereocenters. The average molecular weight is 433 g/mol. The van der Waals surface area contributed by atoms with Gasteiger partial charge < -0.3 is 24.6 Å². The van der Waals surface area contributed by atoms with Crippen molar-refractivity contribution in [2.24, 2.45) is 20.0 Å². The first-order valence-corrected chi connectivity index (χ1v) is 10.1. The van der Waals surface area contributed by atoms with Crippen LogP contribution in [0.1, 0.15) is 33.8 Å². The normalized spacial score (nSPS) is 30.1. The quantitative estimate of drug-likeness (QED) is 0.592. The molecule has 1 aliphatic carbocycles. The van der Waals surface area contributed by atoms with E-state index in [1.54, 1.807) is 33.3 Å². The van der Waals surface area contributed by atoms with Gasteiger partial charge in [-0.15, -0.1) is 0 Å². The van der Waals surface area contributed by atoms with Crippen LogP contribution in [0.25, 0.3) is 0 Å². The summed E-state index contributed by atoms with van der Waals surface area (Å²) in [6, 6.07) is 2.29. The van der Waals surface area contributed by atoms with E-state index in [2.05, 4.69) is 15.5 Å². The van der Waals surface area contributed by atoms with Crippen molar-refractivity contribution in [3.8, 4) is 0 Å². The van der Waals surface area contributed by atoms with Crippen molar-refractivity contribution in [2.45, 2.75) is 36.7 Å². The third kappa shape index (κ3) is 3.95. The Kier molecular flexibility index (Phi) is 5.82. The number of esters is 1. The Hall–Kier alpha value is -2.76. The lowest BCUT2D eigenvalue weighted by molar-refractivity contribution is -0.163. The number of hydrogen-bond donors (Lipinski definition) is 2. The number of aromatic nitrogens is 4. The zero-order valence-corrected chi connectivity index (χ0v) is 17.7. The van der Waals surface area contributed by atoms with E-state index < -0.39 is 29.6 Å². The van der Waals surface area contributed by atoms with Crippen LogP contribution in [0.2, 0.25) is 0 Å². The molecule has 5 atom stereocenters. The number of rotatable bonds is 6. The molecule has 0 radical (unpaired) electrons. The molecule has 1 saturated carbocycles. The van der Waals surface area contributed by atoms with E-state index >= 15 is 0 Å². The van der Waals surface area contributed by atoms with Gasteiger partial charge in [-0.1, -0.05) is 0 Å². The lowest BCUT2D eigenvalue weighted by Gasteiger charge is -2.41. The summed E-state index contributed by atoms with van der Waals surface area (Å²) in [4.78, 5) is 25.6. The number of fused-ring (bicyclic) bond motifs is 1. The number of nitrogens with one attached hydrogen (secondary N) is 1. The summed E-state index contributed by atoms with van der Waals surface area (Å²) in [5.74, 6) is -1.22. The van der Waals surface area contributed by atoms with Crippen molar-refractivity contribution in [3.05, 3.63) is 35.9 Å². The maximum atomic E-state index is 12.9. The summed E-state index contributed by atoms with van der Waals surface area (Å²) in [7, 11) is 4.89. The Morgan fingerprint density at radius 3 is 2.52 bits per heavy atom. The maximum absolute atomic E-state index is 12.9. The smallest absolute Gasteiger partial charge is 0.356 e. The minimum atomic E-state index is -1.38. The summed E-state index contributed by atoms with van der Waals surface area (Å²) in [5.41, 5.74) is -0.763. The molecule has 31 heavy (non-hydrogen) atoms. The van der Waals surface area contributed by atoms with Gasteiger partial charge in [0.25, 0.3) is 5.91 Å². The summed E-state index contributed by atoms with van der Waals surface area (Å²) < 4.78 is 19.6. The second-order valence-corrected chi connectivity index (χ2v) is 8.12. The largest absolute Gasteiger partial charge is 0.455 e. The molecule has 3 heterocycles. The van der Waals surface area contributed by atoms with E-state index in [-0.39, 0.29) is 24.3 Å². The lowest BCUT2D eigenvalue weighted by atomic mass is 9.82. The molecule has 0 aromatic carbocycles. The van der Waals surface area contributed by atoms with E-state index in [4.69, 9.17) is 14.2 Å². The molecule has 11 nitrogen and oxygen atoms in total. The molecule has 11 heteroatoms. The Balaban J connectivity index is 1.58. The molecule has 0 bridgehead atoms. The van der Waals surface area contributed by atoms with Crippen LogP contribution in [-0.4, -0.2) is 80.7 Å². The maximum Gasteiger partial charge on any atom is 0.356 e. The van der Waals surface area contributed by atoms with Crippen molar-refractivity contribution in [3.63, 3.8) is 0 Å². The van der Waals surface area contributed by atoms with Gasteiger partial charge in [-0.3, -0.25) is 14.2 Å². The minimum absolute atomic E-state index is 0.00177. The van der Waals surface area contributed by atoms with Gasteiger partial charge in [0, 0.05) is 33.6 Å². The SMILES string of the molecule is COC[C@H]1C[C@H]2C[C@H](OC(=O)c3ccnn3C)[C@@H](NC(=O)c3ccnn3C)[C@@]2(O)CO1. The molecule has 168 valence electrons. The van der Waals surface area contributed by atoms with E-state index in [0.717, 1.165) is 0 Å². The Labute approximate surface area is 179 Å². The fourth-order valence-corrected chi connectivity index (χ4v) is 4.56. The van der Waals surface area contributed by atoms with E-state index in [9.17, 15) is 14.7 Å². The van der Waals surface area contributed by atoms with Crippen LogP contribution in [0, 0.1) is 5.92 Å². The van der Waals surface area contributed by atoms with Crippen LogP contribution in [-0.2, 0) is 28.3 Å². The third-order valence-corrected chi connectivity index (χ3v) is 6.21. The van der Waals surface area contributed by atoms with Crippen molar-refractivity contribution in [1.29, 1.82) is 0 Å². The highest BCUT2D eigenvalue weighted by molar-refractivity contribution is 5.93. The molecule has 4 rings (SSSR count). The van der Waals surface area contributed by atoms with Gasteiger partial charge in [-0.25, -0.2) is 4.79 Å². The first-order valence-electron chi connectivity index (χ1n) is 10.1. The Bertz CT molecular complexity index is 958. The number of hydrogen-bond acceptors (Lipinski definition) is 8. The third-order valence-electron chi connectivity index (χ3n) is 6.21. The van der Waals surface area contributed by atoms with E-state index in [0.29, 0.717) is 25.1 Å². The molecule has 1 saturated heterocycles. The average Bonchev–Trinajstić information content (AvgIpc) is 3.41. The number of carbonyl (C=O) groups is 2. The molecule has 2 fully saturated rings. The second kappa shape index (κ2) is 8.40. The highest BCUT2D eigenvalue weighted by Gasteiger charge is 2.59. The lowest BCUT2D eigenvalue weighted by Crippen LogP contribution is -2.61. The summed E-state index contributed by atoms with van der Waals surface area (Å²) in [5, 5.41) is 22.4. The number of methoxy groups -OCH3 is 1. The molecule has 1 aliphatic heterocycles. The van der Waals surface area contributed by atoms with Gasteiger partial charge in [0.1, 0.15) is 23.1 Å². The van der Waals surface area contributed by atoms with Gasteiger partial charge in [-0.05, 0) is 30.9 Å². The first kappa shape index (κ1) is 21.5. The zero-order chi connectivity index (χ0) is 22.2. The molecular weight excluding hydrogens is 406 g/mol. The van der Waals surface area contributed by atoms with Crippen LogP contribution in [0.5, 0.6) is 0 Å². The highest BCUT2D eigenvalue weighted by Crippen LogP contribution is 2.44. The van der Waals surface area contributed by atoms with Crippen LogP contribution in [0.15, 0.2) is 24.5 Å². The molecule has 0 spiro atoms. The topological polar surface area (TPSA) is 130 Å². The fourth-order valence-electron chi connectivity index (χ4n) is 4.56. The van der Waals surface area contributed by atoms with Crippen LogP contribution >= 0.6 is 0 Å². The predicted molar refractivity (Wildman–Crippen MR) is 106 cm³/mol. The van der Waals surface area contributed by atoms with E-state index in [1.807, 2.05) is 0 Å². The van der Waals surface area contributed by atoms with Gasteiger partial charge in [-0.2, -0.15) is 10.2 Å².